The van der Waals surface area contributed by atoms with Crippen molar-refractivity contribution < 1.29 is 14.3 Å². The maximum atomic E-state index is 13.0. The van der Waals surface area contributed by atoms with Crippen LogP contribution in [0.15, 0.2) is 78.9 Å². The van der Waals surface area contributed by atoms with E-state index in [1.807, 2.05) is 54.6 Å². The van der Waals surface area contributed by atoms with Crippen LogP contribution >= 0.6 is 11.6 Å². The maximum Gasteiger partial charge on any atom is 0.254 e. The lowest BCUT2D eigenvalue weighted by atomic mass is 10.1. The SMILES string of the molecule is C[C@@H]1C(=O)N(c2ccc(Oc3ccccc3)cc2)CCN1C(=O)c1cccc(Cl)c1. The summed E-state index contributed by atoms with van der Waals surface area (Å²) in [5, 5.41) is 0.497. The second kappa shape index (κ2) is 8.59. The molecule has 0 saturated carbocycles. The average Bonchev–Trinajstić information content (AvgIpc) is 2.77. The predicted molar refractivity (Wildman–Crippen MR) is 117 cm³/mol. The smallest absolute Gasteiger partial charge is 0.254 e. The third kappa shape index (κ3) is 4.16. The molecule has 3 aromatic carbocycles. The Morgan fingerprint density at radius 1 is 0.933 bits per heavy atom. The van der Waals surface area contributed by atoms with E-state index in [1.54, 1.807) is 41.0 Å². The van der Waals surface area contributed by atoms with E-state index in [4.69, 9.17) is 16.3 Å². The van der Waals surface area contributed by atoms with E-state index in [2.05, 4.69) is 0 Å². The summed E-state index contributed by atoms with van der Waals surface area (Å²) in [6, 6.07) is 23.1. The summed E-state index contributed by atoms with van der Waals surface area (Å²) in [4.78, 5) is 29.1. The number of piperazine rings is 1. The summed E-state index contributed by atoms with van der Waals surface area (Å²) in [6.45, 7) is 2.62. The van der Waals surface area contributed by atoms with Crippen molar-refractivity contribution in [3.8, 4) is 11.5 Å². The van der Waals surface area contributed by atoms with E-state index in [1.165, 1.54) is 0 Å². The van der Waals surface area contributed by atoms with Crippen molar-refractivity contribution >= 4 is 29.1 Å². The topological polar surface area (TPSA) is 49.9 Å². The van der Waals surface area contributed by atoms with Crippen LogP contribution in [0.1, 0.15) is 17.3 Å². The number of carbonyl (C=O) groups excluding carboxylic acids is 2. The highest BCUT2D eigenvalue weighted by Crippen LogP contribution is 2.27. The number of benzene rings is 3. The number of nitrogens with zero attached hydrogens (tertiary/aromatic N) is 2. The van der Waals surface area contributed by atoms with Gasteiger partial charge >= 0.3 is 0 Å². The highest BCUT2D eigenvalue weighted by atomic mass is 35.5. The van der Waals surface area contributed by atoms with Crippen LogP contribution in [0.2, 0.25) is 5.02 Å². The molecule has 2 amide bonds. The molecule has 1 saturated heterocycles. The first-order valence-corrected chi connectivity index (χ1v) is 10.1. The quantitative estimate of drug-likeness (QED) is 0.596. The molecule has 4 rings (SSSR count). The number of hydrogen-bond donors (Lipinski definition) is 0. The van der Waals surface area contributed by atoms with Gasteiger partial charge in [0.25, 0.3) is 5.91 Å². The Balaban J connectivity index is 1.45. The fraction of sp³-hybridized carbons (Fsp3) is 0.167. The molecule has 1 aliphatic rings. The Kier molecular flexibility index (Phi) is 5.72. The fourth-order valence-corrected chi connectivity index (χ4v) is 3.70. The Bertz CT molecular complexity index is 1050. The van der Waals surface area contributed by atoms with Gasteiger partial charge in [0.1, 0.15) is 17.5 Å². The minimum atomic E-state index is -0.564. The maximum absolute atomic E-state index is 13.0. The molecule has 0 spiro atoms. The van der Waals surface area contributed by atoms with Crippen LogP contribution < -0.4 is 9.64 Å². The first-order chi connectivity index (χ1) is 14.5. The standard InChI is InChI=1S/C24H21ClN2O3/c1-17-23(28)27(15-14-26(17)24(29)18-6-5-7-19(25)16-18)20-10-12-22(13-11-20)30-21-8-3-2-4-9-21/h2-13,16-17H,14-15H2,1H3/t17-/m1/s1. The summed E-state index contributed by atoms with van der Waals surface area (Å²) in [5.74, 6) is 1.14. The van der Waals surface area contributed by atoms with E-state index in [0.717, 1.165) is 11.4 Å². The van der Waals surface area contributed by atoms with Gasteiger partial charge in [-0.15, -0.1) is 0 Å². The molecule has 152 valence electrons. The number of hydrogen-bond acceptors (Lipinski definition) is 3. The molecular formula is C24H21ClN2O3. The molecule has 0 bridgehead atoms. The third-order valence-electron chi connectivity index (χ3n) is 5.12. The van der Waals surface area contributed by atoms with Crippen LogP contribution in [0, 0.1) is 0 Å². The lowest BCUT2D eigenvalue weighted by Gasteiger charge is -2.39. The number of anilines is 1. The lowest BCUT2D eigenvalue weighted by Crippen LogP contribution is -2.57. The summed E-state index contributed by atoms with van der Waals surface area (Å²) < 4.78 is 5.81. The monoisotopic (exact) mass is 420 g/mol. The van der Waals surface area contributed by atoms with Gasteiger partial charge in [0.15, 0.2) is 0 Å². The van der Waals surface area contributed by atoms with Gasteiger partial charge in [-0.2, -0.15) is 0 Å². The zero-order valence-electron chi connectivity index (χ0n) is 16.5. The molecule has 1 atom stereocenters. The van der Waals surface area contributed by atoms with Crippen molar-refractivity contribution in [1.82, 2.24) is 4.90 Å². The number of amides is 2. The Morgan fingerprint density at radius 2 is 1.63 bits per heavy atom. The first kappa shape index (κ1) is 20.0. The fourth-order valence-electron chi connectivity index (χ4n) is 3.51. The summed E-state index contributed by atoms with van der Waals surface area (Å²) in [5.41, 5.74) is 1.26. The Labute approximate surface area is 180 Å². The minimum absolute atomic E-state index is 0.117. The number of ether oxygens (including phenoxy) is 1. The molecule has 0 aromatic heterocycles. The summed E-state index contributed by atoms with van der Waals surface area (Å²) in [6.07, 6.45) is 0. The highest BCUT2D eigenvalue weighted by molar-refractivity contribution is 6.31. The number of halogens is 1. The molecule has 3 aromatic rings. The van der Waals surface area contributed by atoms with E-state index >= 15 is 0 Å². The van der Waals surface area contributed by atoms with Crippen LogP contribution in [0.25, 0.3) is 0 Å². The van der Waals surface area contributed by atoms with E-state index in [0.29, 0.717) is 29.4 Å². The van der Waals surface area contributed by atoms with Gasteiger partial charge in [-0.1, -0.05) is 35.9 Å². The zero-order valence-corrected chi connectivity index (χ0v) is 17.3. The van der Waals surface area contributed by atoms with Gasteiger partial charge in [-0.25, -0.2) is 0 Å². The average molecular weight is 421 g/mol. The van der Waals surface area contributed by atoms with Crippen molar-refractivity contribution in [3.63, 3.8) is 0 Å². The van der Waals surface area contributed by atoms with Crippen molar-refractivity contribution in [2.24, 2.45) is 0 Å². The summed E-state index contributed by atoms with van der Waals surface area (Å²) in [7, 11) is 0. The minimum Gasteiger partial charge on any atom is -0.457 e. The summed E-state index contributed by atoms with van der Waals surface area (Å²) >= 11 is 6.00. The van der Waals surface area contributed by atoms with E-state index in [9.17, 15) is 9.59 Å². The van der Waals surface area contributed by atoms with Gasteiger partial charge in [-0.3, -0.25) is 9.59 Å². The number of para-hydroxylation sites is 1. The molecule has 1 heterocycles. The van der Waals surface area contributed by atoms with Gasteiger partial charge in [-0.05, 0) is 61.5 Å². The van der Waals surface area contributed by atoms with Crippen molar-refractivity contribution in [2.45, 2.75) is 13.0 Å². The second-order valence-electron chi connectivity index (χ2n) is 7.08. The van der Waals surface area contributed by atoms with Crippen molar-refractivity contribution in [1.29, 1.82) is 0 Å². The molecule has 5 nitrogen and oxygen atoms in total. The third-order valence-corrected chi connectivity index (χ3v) is 5.35. The predicted octanol–water partition coefficient (Wildman–Crippen LogP) is 5.01. The van der Waals surface area contributed by atoms with E-state index in [-0.39, 0.29) is 11.8 Å². The first-order valence-electron chi connectivity index (χ1n) is 9.74. The molecule has 1 aliphatic heterocycles. The van der Waals surface area contributed by atoms with E-state index < -0.39 is 6.04 Å². The van der Waals surface area contributed by atoms with Crippen molar-refractivity contribution in [2.75, 3.05) is 18.0 Å². The van der Waals surface area contributed by atoms with Crippen LogP contribution in [0.5, 0.6) is 11.5 Å². The molecule has 30 heavy (non-hydrogen) atoms. The molecule has 0 N–H and O–H groups in total. The molecule has 6 heteroatoms. The lowest BCUT2D eigenvalue weighted by molar-refractivity contribution is -0.124. The number of rotatable bonds is 4. The van der Waals surface area contributed by atoms with Crippen LogP contribution in [0.3, 0.4) is 0 Å². The van der Waals surface area contributed by atoms with Crippen LogP contribution in [-0.4, -0.2) is 35.8 Å². The molecule has 1 fully saturated rings. The number of carbonyl (C=O) groups is 2. The molecule has 0 unspecified atom stereocenters. The van der Waals surface area contributed by atoms with Gasteiger partial charge in [0.2, 0.25) is 5.91 Å². The second-order valence-corrected chi connectivity index (χ2v) is 7.52. The van der Waals surface area contributed by atoms with Crippen LogP contribution in [-0.2, 0) is 4.79 Å². The Morgan fingerprint density at radius 3 is 2.33 bits per heavy atom. The zero-order chi connectivity index (χ0) is 21.1. The molecule has 0 radical (unpaired) electrons. The normalized spacial score (nSPS) is 16.5. The van der Waals surface area contributed by atoms with Gasteiger partial charge < -0.3 is 14.5 Å². The van der Waals surface area contributed by atoms with Gasteiger partial charge in [0, 0.05) is 29.4 Å². The Hall–Kier alpha value is -3.31. The molecular weight excluding hydrogens is 400 g/mol. The van der Waals surface area contributed by atoms with Gasteiger partial charge in [0.05, 0.1) is 0 Å². The molecule has 0 aliphatic carbocycles. The van der Waals surface area contributed by atoms with Crippen LogP contribution in [0.4, 0.5) is 5.69 Å². The van der Waals surface area contributed by atoms with Crippen molar-refractivity contribution in [3.05, 3.63) is 89.4 Å². The largest absolute Gasteiger partial charge is 0.457 e. The highest BCUT2D eigenvalue weighted by Gasteiger charge is 2.35.